The summed E-state index contributed by atoms with van der Waals surface area (Å²) < 4.78 is 5.84. The minimum atomic E-state index is -1.65. The maximum absolute atomic E-state index is 8.86. The molecule has 74 valence electrons. The number of aliphatic hydroxyl groups excluding tert-OH is 1. The Balaban J connectivity index is 4.22. The van der Waals surface area contributed by atoms with E-state index in [1.165, 1.54) is 0 Å². The van der Waals surface area contributed by atoms with Crippen LogP contribution in [-0.2, 0) is 4.43 Å². The van der Waals surface area contributed by atoms with Gasteiger partial charge in [-0.05, 0) is 25.1 Å². The van der Waals surface area contributed by atoms with E-state index < -0.39 is 8.32 Å². The number of hydrogen-bond acceptors (Lipinski definition) is 2. The molecule has 0 saturated carbocycles. The highest BCUT2D eigenvalue weighted by Crippen LogP contribution is 2.37. The van der Waals surface area contributed by atoms with E-state index in [1.54, 1.807) is 0 Å². The molecular weight excluding hydrogens is 168 g/mol. The largest absolute Gasteiger partial charge is 0.412 e. The summed E-state index contributed by atoms with van der Waals surface area (Å²) >= 11 is 0. The Kier molecular flexibility index (Phi) is 3.94. The molecule has 0 rings (SSSR count). The first-order chi connectivity index (χ1) is 5.20. The summed E-state index contributed by atoms with van der Waals surface area (Å²) in [5, 5.41) is 9.09. The van der Waals surface area contributed by atoms with Gasteiger partial charge in [-0.2, -0.15) is 0 Å². The molecule has 0 aromatic carbocycles. The van der Waals surface area contributed by atoms with Gasteiger partial charge in [-0.15, -0.1) is 0 Å². The van der Waals surface area contributed by atoms with Crippen LogP contribution in [0.5, 0.6) is 0 Å². The lowest BCUT2D eigenvalue weighted by atomic mass is 10.2. The van der Waals surface area contributed by atoms with Crippen molar-refractivity contribution in [2.45, 2.75) is 51.9 Å². The van der Waals surface area contributed by atoms with E-state index in [-0.39, 0.29) is 17.7 Å². The van der Waals surface area contributed by atoms with E-state index in [0.717, 1.165) is 0 Å². The smallest absolute Gasteiger partial charge is 0.192 e. The van der Waals surface area contributed by atoms with E-state index >= 15 is 0 Å². The van der Waals surface area contributed by atoms with Gasteiger partial charge in [-0.1, -0.05) is 20.8 Å². The highest BCUT2D eigenvalue weighted by molar-refractivity contribution is 6.74. The summed E-state index contributed by atoms with van der Waals surface area (Å²) in [6.45, 7) is 13.0. The highest BCUT2D eigenvalue weighted by atomic mass is 28.4. The second-order valence-corrected chi connectivity index (χ2v) is 9.63. The van der Waals surface area contributed by atoms with E-state index in [9.17, 15) is 0 Å². The zero-order chi connectivity index (χ0) is 9.99. The molecule has 1 atom stereocenters. The van der Waals surface area contributed by atoms with Gasteiger partial charge in [0.1, 0.15) is 0 Å². The van der Waals surface area contributed by atoms with Crippen molar-refractivity contribution in [3.63, 3.8) is 0 Å². The van der Waals surface area contributed by atoms with Crippen LogP contribution in [0.4, 0.5) is 0 Å². The van der Waals surface area contributed by atoms with Gasteiger partial charge in [0.25, 0.3) is 0 Å². The molecule has 0 bridgehead atoms. The maximum atomic E-state index is 8.86. The fourth-order valence-electron chi connectivity index (χ4n) is 0.717. The van der Waals surface area contributed by atoms with Crippen LogP contribution in [0.25, 0.3) is 0 Å². The quantitative estimate of drug-likeness (QED) is 0.692. The summed E-state index contributed by atoms with van der Waals surface area (Å²) in [7, 11) is -1.65. The first-order valence-electron chi connectivity index (χ1n) is 4.49. The van der Waals surface area contributed by atoms with Crippen LogP contribution in [-0.4, -0.2) is 26.1 Å². The molecule has 0 aliphatic rings. The van der Waals surface area contributed by atoms with Gasteiger partial charge in [0, 0.05) is 0 Å². The molecule has 0 fully saturated rings. The molecule has 2 nitrogen and oxygen atoms in total. The van der Waals surface area contributed by atoms with Crippen molar-refractivity contribution in [2.75, 3.05) is 6.61 Å². The van der Waals surface area contributed by atoms with Gasteiger partial charge < -0.3 is 9.53 Å². The van der Waals surface area contributed by atoms with Crippen LogP contribution >= 0.6 is 0 Å². The summed E-state index contributed by atoms with van der Waals surface area (Å²) in [5.41, 5.74) is 0. The van der Waals surface area contributed by atoms with E-state index in [1.807, 2.05) is 6.92 Å². The van der Waals surface area contributed by atoms with Crippen molar-refractivity contribution in [2.24, 2.45) is 0 Å². The third-order valence-electron chi connectivity index (χ3n) is 2.56. The zero-order valence-corrected chi connectivity index (χ0v) is 10.1. The lowest BCUT2D eigenvalue weighted by Crippen LogP contribution is -2.44. The van der Waals surface area contributed by atoms with Crippen molar-refractivity contribution in [1.29, 1.82) is 0 Å². The average Bonchev–Trinajstić information content (AvgIpc) is 1.84. The number of hydrogen-bond donors (Lipinski definition) is 1. The average molecular weight is 190 g/mol. The minimum absolute atomic E-state index is 0.0223. The molecule has 0 aromatic heterocycles. The van der Waals surface area contributed by atoms with E-state index in [0.29, 0.717) is 0 Å². The third-order valence-corrected chi connectivity index (χ3v) is 7.16. The van der Waals surface area contributed by atoms with E-state index in [4.69, 9.17) is 9.53 Å². The highest BCUT2D eigenvalue weighted by Gasteiger charge is 2.38. The van der Waals surface area contributed by atoms with Crippen LogP contribution in [0, 0.1) is 0 Å². The van der Waals surface area contributed by atoms with Crippen LogP contribution < -0.4 is 0 Å². The molecule has 0 aromatic rings. The summed E-state index contributed by atoms with van der Waals surface area (Å²) in [6, 6.07) is 0. The lowest BCUT2D eigenvalue weighted by molar-refractivity contribution is 0.117. The van der Waals surface area contributed by atoms with Crippen LogP contribution in [0.3, 0.4) is 0 Å². The van der Waals surface area contributed by atoms with Crippen LogP contribution in [0.1, 0.15) is 27.7 Å². The molecule has 0 radical (unpaired) electrons. The van der Waals surface area contributed by atoms with Gasteiger partial charge in [-0.3, -0.25) is 0 Å². The van der Waals surface area contributed by atoms with Crippen molar-refractivity contribution in [1.82, 2.24) is 0 Å². The predicted molar refractivity (Wildman–Crippen MR) is 54.8 cm³/mol. The Morgan fingerprint density at radius 1 is 1.33 bits per heavy atom. The first-order valence-corrected chi connectivity index (χ1v) is 7.40. The second-order valence-electron chi connectivity index (χ2n) is 4.87. The Morgan fingerprint density at radius 3 is 2.00 bits per heavy atom. The zero-order valence-electron chi connectivity index (χ0n) is 9.14. The molecule has 0 saturated heterocycles. The predicted octanol–water partition coefficient (Wildman–Crippen LogP) is 2.39. The number of rotatable bonds is 3. The molecule has 1 N–H and O–H groups in total. The fraction of sp³-hybridized carbons (Fsp3) is 1.00. The monoisotopic (exact) mass is 190 g/mol. The van der Waals surface area contributed by atoms with E-state index in [2.05, 4.69) is 33.9 Å². The molecule has 0 aliphatic carbocycles. The molecule has 12 heavy (non-hydrogen) atoms. The molecule has 0 heterocycles. The van der Waals surface area contributed by atoms with Gasteiger partial charge in [0.2, 0.25) is 0 Å². The molecule has 3 heteroatoms. The van der Waals surface area contributed by atoms with Crippen LogP contribution in [0.2, 0.25) is 18.1 Å². The standard InChI is InChI=1S/C9H22O2Si/c1-8(7-10)11-12(5,6)9(2,3)4/h8,10H,7H2,1-6H3. The Labute approximate surface area is 77.1 Å². The SMILES string of the molecule is CC(CO)O[Si](C)(C)C(C)(C)C. The Morgan fingerprint density at radius 2 is 1.75 bits per heavy atom. The molecule has 0 spiro atoms. The molecule has 0 aliphatic heterocycles. The summed E-state index contributed by atoms with van der Waals surface area (Å²) in [4.78, 5) is 0. The van der Waals surface area contributed by atoms with Gasteiger partial charge in [0.05, 0.1) is 12.7 Å². The second kappa shape index (κ2) is 3.90. The van der Waals surface area contributed by atoms with Gasteiger partial charge in [-0.25, -0.2) is 0 Å². The Bertz CT molecular complexity index is 138. The molecular formula is C9H22O2Si. The molecule has 0 amide bonds. The topological polar surface area (TPSA) is 29.5 Å². The van der Waals surface area contributed by atoms with Crippen LogP contribution in [0.15, 0.2) is 0 Å². The fourth-order valence-corrected chi connectivity index (χ4v) is 2.15. The summed E-state index contributed by atoms with van der Waals surface area (Å²) in [5.74, 6) is 0. The van der Waals surface area contributed by atoms with Crippen molar-refractivity contribution in [3.8, 4) is 0 Å². The maximum Gasteiger partial charge on any atom is 0.192 e. The summed E-state index contributed by atoms with van der Waals surface area (Å²) in [6.07, 6.45) is -0.0223. The molecule has 1 unspecified atom stereocenters. The van der Waals surface area contributed by atoms with Gasteiger partial charge in [0.15, 0.2) is 8.32 Å². The van der Waals surface area contributed by atoms with Gasteiger partial charge >= 0.3 is 0 Å². The Hall–Kier alpha value is 0.137. The number of aliphatic hydroxyl groups is 1. The van der Waals surface area contributed by atoms with Crippen molar-refractivity contribution < 1.29 is 9.53 Å². The third kappa shape index (κ3) is 3.25. The van der Waals surface area contributed by atoms with Crippen molar-refractivity contribution >= 4 is 8.32 Å². The first kappa shape index (κ1) is 12.1. The normalized spacial score (nSPS) is 16.2. The van der Waals surface area contributed by atoms with Crippen molar-refractivity contribution in [3.05, 3.63) is 0 Å². The lowest BCUT2D eigenvalue weighted by Gasteiger charge is -2.38. The minimum Gasteiger partial charge on any atom is -0.412 e.